The van der Waals surface area contributed by atoms with Crippen LogP contribution >= 0.6 is 0 Å². The summed E-state index contributed by atoms with van der Waals surface area (Å²) in [5.74, 6) is 0. The van der Waals surface area contributed by atoms with Crippen molar-refractivity contribution in [2.75, 3.05) is 13.6 Å². The van der Waals surface area contributed by atoms with Gasteiger partial charge >= 0.3 is 0 Å². The number of likely N-dealkylation sites (N-methyl/N-ethyl adjacent to an activating group) is 1. The van der Waals surface area contributed by atoms with Gasteiger partial charge in [0.05, 0.1) is 0 Å². The van der Waals surface area contributed by atoms with E-state index in [-0.39, 0.29) is 0 Å². The highest BCUT2D eigenvalue weighted by molar-refractivity contribution is 5.84. The second-order valence-corrected chi connectivity index (χ2v) is 4.91. The molecule has 1 unspecified atom stereocenters. The van der Waals surface area contributed by atoms with E-state index >= 15 is 0 Å². The van der Waals surface area contributed by atoms with Crippen molar-refractivity contribution >= 4 is 10.9 Å². The van der Waals surface area contributed by atoms with Crippen LogP contribution in [0.2, 0.25) is 0 Å². The predicted molar refractivity (Wildman–Crippen MR) is 67.8 cm³/mol. The van der Waals surface area contributed by atoms with Crippen LogP contribution in [-0.4, -0.2) is 29.5 Å². The Morgan fingerprint density at radius 1 is 1.31 bits per heavy atom. The smallest absolute Gasteiger partial charge is 0.0458 e. The first-order valence-electron chi connectivity index (χ1n) is 6.04. The van der Waals surface area contributed by atoms with E-state index in [1.165, 1.54) is 28.6 Å². The van der Waals surface area contributed by atoms with Crippen LogP contribution in [0.1, 0.15) is 18.2 Å². The maximum atomic E-state index is 3.58. The van der Waals surface area contributed by atoms with Gasteiger partial charge in [-0.1, -0.05) is 18.2 Å². The summed E-state index contributed by atoms with van der Waals surface area (Å²) < 4.78 is 0. The summed E-state index contributed by atoms with van der Waals surface area (Å²) in [6, 6.07) is 9.29. The molecule has 0 spiro atoms. The van der Waals surface area contributed by atoms with E-state index in [2.05, 4.69) is 48.1 Å². The monoisotopic (exact) mass is 214 g/mol. The Morgan fingerprint density at radius 2 is 2.12 bits per heavy atom. The first-order valence-corrected chi connectivity index (χ1v) is 6.04. The number of nitrogens with zero attached hydrogens (tertiary/aromatic N) is 1. The van der Waals surface area contributed by atoms with E-state index in [1.807, 2.05) is 0 Å². The number of benzene rings is 1. The topological polar surface area (TPSA) is 19.0 Å². The van der Waals surface area contributed by atoms with Crippen molar-refractivity contribution in [3.8, 4) is 0 Å². The van der Waals surface area contributed by atoms with Crippen LogP contribution in [-0.2, 0) is 12.8 Å². The number of hydrogen-bond acceptors (Lipinski definition) is 1. The fourth-order valence-corrected chi connectivity index (χ4v) is 2.68. The van der Waals surface area contributed by atoms with E-state index in [9.17, 15) is 0 Å². The average molecular weight is 214 g/mol. The lowest BCUT2D eigenvalue weighted by molar-refractivity contribution is 0.267. The molecular formula is C14H18N2. The maximum absolute atomic E-state index is 3.58. The lowest BCUT2D eigenvalue weighted by atomic mass is 10.1. The van der Waals surface area contributed by atoms with Crippen molar-refractivity contribution in [3.05, 3.63) is 35.5 Å². The number of fused-ring (bicyclic) bond motifs is 3. The molecule has 84 valence electrons. The molecule has 0 fully saturated rings. The van der Waals surface area contributed by atoms with Gasteiger partial charge in [-0.25, -0.2) is 0 Å². The first kappa shape index (κ1) is 9.91. The van der Waals surface area contributed by atoms with Crippen molar-refractivity contribution in [2.24, 2.45) is 0 Å². The maximum Gasteiger partial charge on any atom is 0.0458 e. The van der Waals surface area contributed by atoms with Crippen LogP contribution in [0.25, 0.3) is 10.9 Å². The summed E-state index contributed by atoms with van der Waals surface area (Å²) in [6.45, 7) is 3.47. The standard InChI is InChI=1S/C14H18N2/c1-10-9-14-12(7-8-16(10)2)11-5-3-4-6-13(11)15-14/h3-6,10,15H,7-9H2,1-2H3. The summed E-state index contributed by atoms with van der Waals surface area (Å²) in [5, 5.41) is 1.42. The highest BCUT2D eigenvalue weighted by atomic mass is 15.1. The summed E-state index contributed by atoms with van der Waals surface area (Å²) in [6.07, 6.45) is 2.31. The van der Waals surface area contributed by atoms with E-state index < -0.39 is 0 Å². The van der Waals surface area contributed by atoms with Gasteiger partial charge in [0.1, 0.15) is 0 Å². The van der Waals surface area contributed by atoms with Crippen molar-refractivity contribution in [1.82, 2.24) is 9.88 Å². The summed E-state index contributed by atoms with van der Waals surface area (Å²) in [4.78, 5) is 6.03. The molecule has 2 heteroatoms. The lowest BCUT2D eigenvalue weighted by Gasteiger charge is -2.21. The van der Waals surface area contributed by atoms with Crippen LogP contribution in [0.5, 0.6) is 0 Å². The molecule has 1 aromatic heterocycles. The number of aromatic nitrogens is 1. The number of rotatable bonds is 0. The van der Waals surface area contributed by atoms with Crippen LogP contribution < -0.4 is 0 Å². The van der Waals surface area contributed by atoms with E-state index in [0.29, 0.717) is 6.04 Å². The molecule has 2 heterocycles. The van der Waals surface area contributed by atoms with Gasteiger partial charge in [-0.3, -0.25) is 0 Å². The van der Waals surface area contributed by atoms with Crippen LogP contribution in [0.4, 0.5) is 0 Å². The molecule has 1 aromatic carbocycles. The third kappa shape index (κ3) is 1.45. The van der Waals surface area contributed by atoms with Crippen molar-refractivity contribution in [3.63, 3.8) is 0 Å². The summed E-state index contributed by atoms with van der Waals surface area (Å²) >= 11 is 0. The SMILES string of the molecule is CC1Cc2[nH]c3ccccc3c2CCN1C. The van der Waals surface area contributed by atoms with Crippen LogP contribution in [0, 0.1) is 0 Å². The van der Waals surface area contributed by atoms with Gasteiger partial charge in [0.2, 0.25) is 0 Å². The highest BCUT2D eigenvalue weighted by Crippen LogP contribution is 2.26. The molecule has 1 aliphatic rings. The zero-order valence-electron chi connectivity index (χ0n) is 9.96. The Balaban J connectivity index is 2.14. The molecule has 2 aromatic rings. The fourth-order valence-electron chi connectivity index (χ4n) is 2.68. The quantitative estimate of drug-likeness (QED) is 0.714. The Labute approximate surface area is 96.3 Å². The average Bonchev–Trinajstić information content (AvgIpc) is 2.56. The van der Waals surface area contributed by atoms with Crippen molar-refractivity contribution < 1.29 is 0 Å². The summed E-state index contributed by atoms with van der Waals surface area (Å²) in [5.41, 5.74) is 4.27. The Morgan fingerprint density at radius 3 is 3.00 bits per heavy atom. The zero-order chi connectivity index (χ0) is 11.1. The molecule has 3 rings (SSSR count). The van der Waals surface area contributed by atoms with Gasteiger partial charge in [0.15, 0.2) is 0 Å². The molecule has 1 N–H and O–H groups in total. The molecule has 0 aliphatic carbocycles. The largest absolute Gasteiger partial charge is 0.358 e. The number of nitrogens with one attached hydrogen (secondary N) is 1. The molecule has 0 amide bonds. The normalized spacial score (nSPS) is 22.0. The van der Waals surface area contributed by atoms with Gasteiger partial charge in [0, 0.05) is 35.6 Å². The van der Waals surface area contributed by atoms with E-state index in [0.717, 1.165) is 13.0 Å². The first-order chi connectivity index (χ1) is 7.75. The van der Waals surface area contributed by atoms with E-state index in [1.54, 1.807) is 0 Å². The number of aromatic amines is 1. The third-order valence-corrected chi connectivity index (χ3v) is 3.87. The van der Waals surface area contributed by atoms with Crippen molar-refractivity contribution in [2.45, 2.75) is 25.8 Å². The van der Waals surface area contributed by atoms with Crippen LogP contribution in [0.15, 0.2) is 24.3 Å². The van der Waals surface area contributed by atoms with Gasteiger partial charge in [-0.05, 0) is 32.0 Å². The Kier molecular flexibility index (Phi) is 2.25. The zero-order valence-corrected chi connectivity index (χ0v) is 9.96. The number of H-pyrrole nitrogens is 1. The minimum Gasteiger partial charge on any atom is -0.358 e. The molecule has 1 atom stereocenters. The second kappa shape index (κ2) is 3.63. The number of para-hydroxylation sites is 1. The predicted octanol–water partition coefficient (Wildman–Crippen LogP) is 2.59. The van der Waals surface area contributed by atoms with Gasteiger partial charge in [-0.15, -0.1) is 0 Å². The fraction of sp³-hybridized carbons (Fsp3) is 0.429. The van der Waals surface area contributed by atoms with Gasteiger partial charge < -0.3 is 9.88 Å². The molecule has 0 radical (unpaired) electrons. The summed E-state index contributed by atoms with van der Waals surface area (Å²) in [7, 11) is 2.22. The molecule has 1 aliphatic heterocycles. The molecule has 0 bridgehead atoms. The molecule has 0 saturated heterocycles. The van der Waals surface area contributed by atoms with Gasteiger partial charge in [0.25, 0.3) is 0 Å². The molecular weight excluding hydrogens is 196 g/mol. The van der Waals surface area contributed by atoms with Crippen molar-refractivity contribution in [1.29, 1.82) is 0 Å². The minimum atomic E-state index is 0.634. The second-order valence-electron chi connectivity index (χ2n) is 4.91. The molecule has 16 heavy (non-hydrogen) atoms. The number of hydrogen-bond donors (Lipinski definition) is 1. The Hall–Kier alpha value is -1.28. The van der Waals surface area contributed by atoms with Gasteiger partial charge in [-0.2, -0.15) is 0 Å². The van der Waals surface area contributed by atoms with Crippen LogP contribution in [0.3, 0.4) is 0 Å². The highest BCUT2D eigenvalue weighted by Gasteiger charge is 2.20. The third-order valence-electron chi connectivity index (χ3n) is 3.87. The molecule has 0 saturated carbocycles. The lowest BCUT2D eigenvalue weighted by Crippen LogP contribution is -2.30. The Bertz CT molecular complexity index is 512. The minimum absolute atomic E-state index is 0.634. The molecule has 2 nitrogen and oxygen atoms in total. The van der Waals surface area contributed by atoms with E-state index in [4.69, 9.17) is 0 Å².